The number of hydrogen-bond donors (Lipinski definition) is 1. The molecule has 1 N–H and O–H groups in total. The van der Waals surface area contributed by atoms with Crippen LogP contribution in [0.5, 0.6) is 0 Å². The van der Waals surface area contributed by atoms with Crippen molar-refractivity contribution in [1.29, 1.82) is 0 Å². The smallest absolute Gasteiger partial charge is 0.254 e. The molecule has 0 aliphatic rings. The van der Waals surface area contributed by atoms with E-state index in [0.717, 1.165) is 12.1 Å². The van der Waals surface area contributed by atoms with Crippen molar-refractivity contribution >= 4 is 5.91 Å². The molecule has 1 aromatic rings. The normalized spacial score (nSPS) is 9.40. The zero-order valence-corrected chi connectivity index (χ0v) is 7.89. The summed E-state index contributed by atoms with van der Waals surface area (Å²) in [4.78, 5) is 11.3. The molecule has 0 aromatic heterocycles. The Labute approximate surface area is 86.3 Å². The molecule has 0 unspecified atom stereocenters. The second kappa shape index (κ2) is 5.11. The Morgan fingerprint density at radius 1 is 1.47 bits per heavy atom. The summed E-state index contributed by atoms with van der Waals surface area (Å²) < 4.78 is 25.6. The molecule has 15 heavy (non-hydrogen) atoms. The number of nitrogens with one attached hydrogen (secondary N) is 1. The molecule has 0 saturated carbocycles. The van der Waals surface area contributed by atoms with E-state index < -0.39 is 17.5 Å². The Morgan fingerprint density at radius 2 is 2.20 bits per heavy atom. The van der Waals surface area contributed by atoms with Gasteiger partial charge in [0, 0.05) is 19.0 Å². The van der Waals surface area contributed by atoms with Gasteiger partial charge in [-0.3, -0.25) is 4.79 Å². The van der Waals surface area contributed by atoms with E-state index in [9.17, 15) is 13.6 Å². The highest BCUT2D eigenvalue weighted by molar-refractivity contribution is 5.94. The minimum absolute atomic E-state index is 0.187. The van der Waals surface area contributed by atoms with Gasteiger partial charge in [-0.05, 0) is 12.1 Å². The first-order valence-corrected chi connectivity index (χ1v) is 4.32. The zero-order chi connectivity index (χ0) is 11.3. The van der Waals surface area contributed by atoms with Crippen molar-refractivity contribution < 1.29 is 13.6 Å². The fraction of sp³-hybridized carbons (Fsp3) is 0.182. The Hall–Kier alpha value is -1.89. The van der Waals surface area contributed by atoms with Crippen LogP contribution < -0.4 is 5.32 Å². The van der Waals surface area contributed by atoms with Gasteiger partial charge in [-0.1, -0.05) is 0 Å². The lowest BCUT2D eigenvalue weighted by atomic mass is 10.2. The molecule has 2 nitrogen and oxygen atoms in total. The Balaban J connectivity index is 2.70. The minimum atomic E-state index is -0.881. The van der Waals surface area contributed by atoms with Crippen molar-refractivity contribution in [3.8, 4) is 12.3 Å². The number of benzene rings is 1. The van der Waals surface area contributed by atoms with E-state index in [1.165, 1.54) is 0 Å². The molecule has 0 radical (unpaired) electrons. The molecule has 78 valence electrons. The predicted molar refractivity (Wildman–Crippen MR) is 52.1 cm³/mol. The van der Waals surface area contributed by atoms with Gasteiger partial charge in [-0.2, -0.15) is 0 Å². The number of hydrogen-bond acceptors (Lipinski definition) is 1. The number of rotatable bonds is 3. The molecule has 1 amide bonds. The monoisotopic (exact) mass is 209 g/mol. The molecule has 0 bridgehead atoms. The molecule has 0 atom stereocenters. The number of terminal acetylenes is 1. The van der Waals surface area contributed by atoms with E-state index in [1.807, 2.05) is 0 Å². The molecule has 1 aromatic carbocycles. The maximum atomic E-state index is 13.1. The number of carbonyl (C=O) groups is 1. The summed E-state index contributed by atoms with van der Waals surface area (Å²) in [5.74, 6) is 0.139. The number of amides is 1. The highest BCUT2D eigenvalue weighted by Gasteiger charge is 2.11. The number of carbonyl (C=O) groups excluding carboxylic acids is 1. The number of halogens is 2. The highest BCUT2D eigenvalue weighted by Crippen LogP contribution is 2.08. The standard InChI is InChI=1S/C11H9F2NO/c1-2-3-6-14-11(15)9-5-4-8(12)7-10(9)13/h1,4-5,7H,3,6H2,(H,14,15). The van der Waals surface area contributed by atoms with Crippen LogP contribution in [0.3, 0.4) is 0 Å². The fourth-order valence-electron chi connectivity index (χ4n) is 1.02. The van der Waals surface area contributed by atoms with Gasteiger partial charge in [0.2, 0.25) is 0 Å². The molecule has 0 aliphatic carbocycles. The van der Waals surface area contributed by atoms with Gasteiger partial charge in [0.05, 0.1) is 5.56 Å². The minimum Gasteiger partial charge on any atom is -0.351 e. The Morgan fingerprint density at radius 3 is 2.80 bits per heavy atom. The van der Waals surface area contributed by atoms with Gasteiger partial charge in [0.1, 0.15) is 11.6 Å². The van der Waals surface area contributed by atoms with Gasteiger partial charge in [-0.15, -0.1) is 12.3 Å². The average molecular weight is 209 g/mol. The largest absolute Gasteiger partial charge is 0.351 e. The second-order valence-electron chi connectivity index (χ2n) is 2.83. The fourth-order valence-corrected chi connectivity index (χ4v) is 1.02. The van der Waals surface area contributed by atoms with Crippen LogP contribution in [-0.4, -0.2) is 12.5 Å². The molecule has 0 fully saturated rings. The van der Waals surface area contributed by atoms with E-state index >= 15 is 0 Å². The van der Waals surface area contributed by atoms with E-state index in [2.05, 4.69) is 11.2 Å². The lowest BCUT2D eigenvalue weighted by Gasteiger charge is -2.03. The molecule has 1 rings (SSSR count). The molecular formula is C11H9F2NO. The zero-order valence-electron chi connectivity index (χ0n) is 7.89. The molecule has 0 saturated heterocycles. The van der Waals surface area contributed by atoms with Gasteiger partial charge < -0.3 is 5.32 Å². The van der Waals surface area contributed by atoms with Crippen LogP contribution in [-0.2, 0) is 0 Å². The van der Waals surface area contributed by atoms with Crippen LogP contribution >= 0.6 is 0 Å². The van der Waals surface area contributed by atoms with Crippen molar-refractivity contribution in [2.24, 2.45) is 0 Å². The molecule has 0 heterocycles. The van der Waals surface area contributed by atoms with Crippen molar-refractivity contribution in [2.75, 3.05) is 6.54 Å². The maximum absolute atomic E-state index is 13.1. The van der Waals surface area contributed by atoms with E-state index in [4.69, 9.17) is 6.42 Å². The molecular weight excluding hydrogens is 200 g/mol. The van der Waals surface area contributed by atoms with Crippen LogP contribution in [0.1, 0.15) is 16.8 Å². The van der Waals surface area contributed by atoms with Crippen LogP contribution in [0.2, 0.25) is 0 Å². The van der Waals surface area contributed by atoms with Crippen LogP contribution in [0.15, 0.2) is 18.2 Å². The summed E-state index contributed by atoms with van der Waals surface area (Å²) in [7, 11) is 0. The first kappa shape index (κ1) is 11.2. The SMILES string of the molecule is C#CCCNC(=O)c1ccc(F)cc1F. The topological polar surface area (TPSA) is 29.1 Å². The van der Waals surface area contributed by atoms with Crippen molar-refractivity contribution in [3.63, 3.8) is 0 Å². The maximum Gasteiger partial charge on any atom is 0.254 e. The molecule has 4 heteroatoms. The summed E-state index contributed by atoms with van der Waals surface area (Å²) in [5.41, 5.74) is -0.187. The summed E-state index contributed by atoms with van der Waals surface area (Å²) >= 11 is 0. The van der Waals surface area contributed by atoms with Crippen molar-refractivity contribution in [3.05, 3.63) is 35.4 Å². The first-order valence-electron chi connectivity index (χ1n) is 4.32. The third-order valence-corrected chi connectivity index (χ3v) is 1.73. The highest BCUT2D eigenvalue weighted by atomic mass is 19.1. The van der Waals surface area contributed by atoms with E-state index in [0.29, 0.717) is 12.5 Å². The summed E-state index contributed by atoms with van der Waals surface area (Å²) in [6.07, 6.45) is 5.35. The van der Waals surface area contributed by atoms with Crippen LogP contribution in [0.25, 0.3) is 0 Å². The van der Waals surface area contributed by atoms with Crippen LogP contribution in [0.4, 0.5) is 8.78 Å². The first-order chi connectivity index (χ1) is 7.15. The van der Waals surface area contributed by atoms with Gasteiger partial charge in [0.25, 0.3) is 5.91 Å². The second-order valence-corrected chi connectivity index (χ2v) is 2.83. The third-order valence-electron chi connectivity index (χ3n) is 1.73. The van der Waals surface area contributed by atoms with E-state index in [-0.39, 0.29) is 12.1 Å². The summed E-state index contributed by atoms with van der Waals surface area (Å²) in [5, 5.41) is 2.42. The van der Waals surface area contributed by atoms with Gasteiger partial charge in [0.15, 0.2) is 0 Å². The average Bonchev–Trinajstić information content (AvgIpc) is 2.17. The van der Waals surface area contributed by atoms with Gasteiger partial charge in [-0.25, -0.2) is 8.78 Å². The lowest BCUT2D eigenvalue weighted by Crippen LogP contribution is -2.25. The van der Waals surface area contributed by atoms with Gasteiger partial charge >= 0.3 is 0 Å². The Bertz CT molecular complexity index is 410. The van der Waals surface area contributed by atoms with Crippen molar-refractivity contribution in [2.45, 2.75) is 6.42 Å². The van der Waals surface area contributed by atoms with E-state index in [1.54, 1.807) is 0 Å². The van der Waals surface area contributed by atoms with Crippen molar-refractivity contribution in [1.82, 2.24) is 5.32 Å². The lowest BCUT2D eigenvalue weighted by molar-refractivity contribution is 0.0950. The predicted octanol–water partition coefficient (Wildman–Crippen LogP) is 1.72. The molecule has 0 aliphatic heterocycles. The van der Waals surface area contributed by atoms with Crippen LogP contribution in [0, 0.1) is 24.0 Å². The third kappa shape index (κ3) is 3.06. The quantitative estimate of drug-likeness (QED) is 0.596. The molecule has 0 spiro atoms. The summed E-state index contributed by atoms with van der Waals surface area (Å²) in [6.45, 7) is 0.270. The Kier molecular flexibility index (Phi) is 3.81. The summed E-state index contributed by atoms with van der Waals surface area (Å²) in [6, 6.07) is 2.78.